The predicted molar refractivity (Wildman–Crippen MR) is 108 cm³/mol. The molecule has 0 aliphatic heterocycles. The molecular weight excluding hydrogens is 374 g/mol. The second kappa shape index (κ2) is 9.18. The molecule has 3 N–H and O–H groups in total. The van der Waals surface area contributed by atoms with E-state index in [0.29, 0.717) is 17.1 Å². The van der Waals surface area contributed by atoms with Crippen molar-refractivity contribution in [2.75, 3.05) is 24.8 Å². The van der Waals surface area contributed by atoms with Crippen LogP contribution in [0.3, 0.4) is 0 Å². The van der Waals surface area contributed by atoms with Crippen LogP contribution in [0.15, 0.2) is 60.8 Å². The Bertz CT molecular complexity index is 994. The normalized spacial score (nSPS) is 10.0. The first kappa shape index (κ1) is 19.6. The molecule has 0 unspecified atom stereocenters. The van der Waals surface area contributed by atoms with Crippen LogP contribution >= 0.6 is 0 Å². The fraction of sp³-hybridized carbons (Fsp3) is 0.100. The van der Waals surface area contributed by atoms with Crippen LogP contribution in [0.25, 0.3) is 0 Å². The van der Waals surface area contributed by atoms with Crippen molar-refractivity contribution in [1.29, 1.82) is 0 Å². The summed E-state index contributed by atoms with van der Waals surface area (Å²) in [4.78, 5) is 31.6. The summed E-state index contributed by atoms with van der Waals surface area (Å²) in [6.07, 6.45) is 1.36. The van der Waals surface area contributed by atoms with E-state index in [0.717, 1.165) is 0 Å². The van der Waals surface area contributed by atoms with E-state index < -0.39 is 5.91 Å². The third kappa shape index (κ3) is 5.19. The molecule has 0 atom stereocenters. The summed E-state index contributed by atoms with van der Waals surface area (Å²) in [5, 5.41) is 7.90. The minimum absolute atomic E-state index is 0.0272. The molecule has 9 nitrogen and oxygen atoms in total. The first-order chi connectivity index (χ1) is 14.1. The Kier molecular flexibility index (Phi) is 6.21. The van der Waals surface area contributed by atoms with Crippen LogP contribution in [0.4, 0.5) is 16.2 Å². The van der Waals surface area contributed by atoms with E-state index in [1.54, 1.807) is 36.4 Å². The second-order valence-corrected chi connectivity index (χ2v) is 5.72. The van der Waals surface area contributed by atoms with Crippen LogP contribution in [0.2, 0.25) is 0 Å². The van der Waals surface area contributed by atoms with E-state index in [1.807, 2.05) is 18.2 Å². The third-order valence-electron chi connectivity index (χ3n) is 3.72. The number of ether oxygens (including phenoxy) is 2. The fourth-order valence-electron chi connectivity index (χ4n) is 2.34. The summed E-state index contributed by atoms with van der Waals surface area (Å²) < 4.78 is 10.9. The Morgan fingerprint density at radius 3 is 2.21 bits per heavy atom. The minimum atomic E-state index is -0.431. The molecule has 3 aromatic rings. The number of nitrogens with one attached hydrogen (secondary N) is 3. The molecule has 148 valence electrons. The molecule has 3 amide bonds. The van der Waals surface area contributed by atoms with E-state index in [9.17, 15) is 9.59 Å². The van der Waals surface area contributed by atoms with Gasteiger partial charge in [0.1, 0.15) is 5.75 Å². The second-order valence-electron chi connectivity index (χ2n) is 5.72. The van der Waals surface area contributed by atoms with Crippen molar-refractivity contribution in [1.82, 2.24) is 15.3 Å². The molecule has 0 bridgehead atoms. The summed E-state index contributed by atoms with van der Waals surface area (Å²) in [5.41, 5.74) is 1.28. The highest BCUT2D eigenvalue weighted by atomic mass is 16.5. The predicted octanol–water partition coefficient (Wildman–Crippen LogP) is 3.28. The number of carbonyl (C=O) groups is 2. The lowest BCUT2D eigenvalue weighted by molar-refractivity contribution is 0.0951. The van der Waals surface area contributed by atoms with Crippen LogP contribution in [0, 0.1) is 0 Å². The van der Waals surface area contributed by atoms with E-state index >= 15 is 0 Å². The zero-order valence-electron chi connectivity index (χ0n) is 15.8. The average molecular weight is 393 g/mol. The number of hydrogen-bond acceptors (Lipinski definition) is 6. The Labute approximate surface area is 167 Å². The van der Waals surface area contributed by atoms with Gasteiger partial charge in [0.25, 0.3) is 11.8 Å². The maximum atomic E-state index is 12.0. The molecule has 0 radical (unpaired) electrons. The maximum absolute atomic E-state index is 12.0. The molecule has 0 saturated heterocycles. The summed E-state index contributed by atoms with van der Waals surface area (Å²) in [7, 11) is 2.90. The van der Waals surface area contributed by atoms with Gasteiger partial charge in [0.05, 0.1) is 13.3 Å². The van der Waals surface area contributed by atoms with Crippen LogP contribution in [-0.2, 0) is 0 Å². The van der Waals surface area contributed by atoms with Crippen LogP contribution < -0.4 is 25.4 Å². The smallest absolute Gasteiger partial charge is 0.323 e. The van der Waals surface area contributed by atoms with Gasteiger partial charge in [0, 0.05) is 18.4 Å². The molecule has 0 saturated carbocycles. The number of hydrogen-bond donors (Lipinski definition) is 3. The zero-order chi connectivity index (χ0) is 20.6. The van der Waals surface area contributed by atoms with Gasteiger partial charge in [-0.25, -0.2) is 9.78 Å². The number of aromatic nitrogens is 2. The molecule has 0 aliphatic carbocycles. The first-order valence-electron chi connectivity index (χ1n) is 8.63. The molecule has 0 spiro atoms. The van der Waals surface area contributed by atoms with Crippen LogP contribution in [0.5, 0.6) is 17.4 Å². The van der Waals surface area contributed by atoms with Gasteiger partial charge in [-0.2, -0.15) is 4.98 Å². The van der Waals surface area contributed by atoms with Crippen LogP contribution in [-0.4, -0.2) is 36.1 Å². The van der Waals surface area contributed by atoms with E-state index in [2.05, 4.69) is 25.9 Å². The molecule has 0 fully saturated rings. The number of carbonyl (C=O) groups excluding carboxylic acids is 2. The Balaban J connectivity index is 1.64. The quantitative estimate of drug-likeness (QED) is 0.592. The highest BCUT2D eigenvalue weighted by molar-refractivity contribution is 5.99. The number of urea groups is 1. The van der Waals surface area contributed by atoms with Crippen molar-refractivity contribution in [2.24, 2.45) is 0 Å². The number of benzene rings is 2. The number of rotatable bonds is 6. The van der Waals surface area contributed by atoms with E-state index in [-0.39, 0.29) is 23.5 Å². The molecule has 0 aliphatic rings. The lowest BCUT2D eigenvalue weighted by atomic mass is 10.3. The molecule has 1 heterocycles. The monoisotopic (exact) mass is 393 g/mol. The fourth-order valence-corrected chi connectivity index (χ4v) is 2.34. The SMILES string of the molecule is CNC(=O)c1ncc(Oc2ccc(NC(=O)Nc3ccccc3)cc2)c(OC)n1. The van der Waals surface area contributed by atoms with Gasteiger partial charge in [-0.3, -0.25) is 4.79 Å². The minimum Gasteiger partial charge on any atom is -0.478 e. The number of methoxy groups -OCH3 is 1. The number of para-hydroxylation sites is 1. The van der Waals surface area contributed by atoms with Crippen molar-refractivity contribution in [3.05, 3.63) is 66.6 Å². The van der Waals surface area contributed by atoms with E-state index in [4.69, 9.17) is 9.47 Å². The highest BCUT2D eigenvalue weighted by Gasteiger charge is 2.14. The topological polar surface area (TPSA) is 114 Å². The Hall–Kier alpha value is -4.14. The molecular formula is C20H19N5O4. The van der Waals surface area contributed by atoms with Gasteiger partial charge >= 0.3 is 6.03 Å². The molecule has 9 heteroatoms. The Morgan fingerprint density at radius 1 is 0.931 bits per heavy atom. The first-order valence-corrected chi connectivity index (χ1v) is 8.63. The summed E-state index contributed by atoms with van der Waals surface area (Å²) in [6.45, 7) is 0. The molecule has 1 aromatic heterocycles. The van der Waals surface area contributed by atoms with Gasteiger partial charge in [0.2, 0.25) is 11.6 Å². The van der Waals surface area contributed by atoms with Gasteiger partial charge < -0.3 is 25.4 Å². The van der Waals surface area contributed by atoms with Gasteiger partial charge in [-0.1, -0.05) is 18.2 Å². The van der Waals surface area contributed by atoms with E-state index in [1.165, 1.54) is 20.4 Å². The number of anilines is 2. The maximum Gasteiger partial charge on any atom is 0.323 e. The number of nitrogens with zero attached hydrogens (tertiary/aromatic N) is 2. The van der Waals surface area contributed by atoms with Crippen molar-refractivity contribution in [2.45, 2.75) is 0 Å². The third-order valence-corrected chi connectivity index (χ3v) is 3.72. The zero-order valence-corrected chi connectivity index (χ0v) is 15.8. The van der Waals surface area contributed by atoms with Crippen molar-refractivity contribution < 1.29 is 19.1 Å². The highest BCUT2D eigenvalue weighted by Crippen LogP contribution is 2.29. The average Bonchev–Trinajstić information content (AvgIpc) is 2.75. The van der Waals surface area contributed by atoms with Crippen molar-refractivity contribution in [3.8, 4) is 17.4 Å². The van der Waals surface area contributed by atoms with Gasteiger partial charge in [-0.05, 0) is 36.4 Å². The lowest BCUT2D eigenvalue weighted by Crippen LogP contribution is -2.21. The van der Waals surface area contributed by atoms with Crippen molar-refractivity contribution in [3.63, 3.8) is 0 Å². The standard InChI is InChI=1S/C20H19N5O4/c1-21-18(26)17-22-12-16(19(25-17)28-2)29-15-10-8-14(9-11-15)24-20(27)23-13-6-4-3-5-7-13/h3-12H,1-2H3,(H,21,26)(H2,23,24,27). The summed E-state index contributed by atoms with van der Waals surface area (Å²) in [6, 6.07) is 15.5. The molecule has 3 rings (SSSR count). The lowest BCUT2D eigenvalue weighted by Gasteiger charge is -2.11. The van der Waals surface area contributed by atoms with Crippen molar-refractivity contribution >= 4 is 23.3 Å². The Morgan fingerprint density at radius 2 is 1.59 bits per heavy atom. The van der Waals surface area contributed by atoms with Gasteiger partial charge in [0.15, 0.2) is 0 Å². The number of amides is 3. The van der Waals surface area contributed by atoms with Gasteiger partial charge in [-0.15, -0.1) is 0 Å². The summed E-state index contributed by atoms with van der Waals surface area (Å²) in [5.74, 6) is 0.402. The van der Waals surface area contributed by atoms with Crippen LogP contribution in [0.1, 0.15) is 10.6 Å². The summed E-state index contributed by atoms with van der Waals surface area (Å²) >= 11 is 0. The largest absolute Gasteiger partial charge is 0.478 e. The molecule has 2 aromatic carbocycles. The molecule has 29 heavy (non-hydrogen) atoms.